The summed E-state index contributed by atoms with van der Waals surface area (Å²) in [6.45, 7) is 11.5. The molecule has 374 valence electrons. The summed E-state index contributed by atoms with van der Waals surface area (Å²) in [7, 11) is 1.49. The molecule has 8 rings (SSSR count). The minimum Gasteiger partial charge on any atom is -0.497 e. The minimum absolute atomic E-state index is 0.0887. The van der Waals surface area contributed by atoms with Crippen molar-refractivity contribution in [2.45, 2.75) is 161 Å². The number of carbonyl (C=O) groups excluding carboxylic acids is 4. The highest BCUT2D eigenvalue weighted by Gasteiger charge is 2.64. The predicted molar refractivity (Wildman–Crippen MR) is 242 cm³/mol. The Bertz CT molecular complexity index is 2130. The number of hydrogen-bond donors (Lipinski definition) is 3. The monoisotopic (exact) mass is 950 g/mol. The van der Waals surface area contributed by atoms with Crippen molar-refractivity contribution in [2.75, 3.05) is 20.3 Å². The Balaban J connectivity index is 1.04. The average Bonchev–Trinajstić information content (AvgIpc) is 3.96. The Morgan fingerprint density at radius 2 is 1.60 bits per heavy atom. The van der Waals surface area contributed by atoms with Crippen molar-refractivity contribution in [2.24, 2.45) is 46.3 Å². The molecule has 17 atom stereocenters. The molecule has 0 radical (unpaired) electrons. The van der Waals surface area contributed by atoms with Crippen LogP contribution in [-0.4, -0.2) is 130 Å². The van der Waals surface area contributed by atoms with Crippen molar-refractivity contribution in [1.82, 2.24) is 9.55 Å². The zero-order valence-corrected chi connectivity index (χ0v) is 40.3. The van der Waals surface area contributed by atoms with Crippen LogP contribution in [0.15, 0.2) is 54.6 Å². The number of esters is 2. The molecule has 1 aromatic heterocycles. The second kappa shape index (κ2) is 20.6. The van der Waals surface area contributed by atoms with Gasteiger partial charge in [-0.2, -0.15) is 0 Å². The number of fused-ring (bicyclic) bond motifs is 5. The number of imidazole rings is 1. The van der Waals surface area contributed by atoms with Crippen LogP contribution in [0.25, 0.3) is 0 Å². The average molecular weight is 951 g/mol. The first kappa shape index (κ1) is 50.2. The van der Waals surface area contributed by atoms with Gasteiger partial charge in [-0.15, -0.1) is 0 Å². The lowest BCUT2D eigenvalue weighted by atomic mass is 9.47. The van der Waals surface area contributed by atoms with E-state index in [-0.39, 0.29) is 59.2 Å². The van der Waals surface area contributed by atoms with E-state index in [4.69, 9.17) is 37.9 Å². The summed E-state index contributed by atoms with van der Waals surface area (Å²) in [6, 6.07) is 6.10. The van der Waals surface area contributed by atoms with Crippen LogP contribution in [0.3, 0.4) is 0 Å². The van der Waals surface area contributed by atoms with Crippen LogP contribution in [0.1, 0.15) is 110 Å². The second-order valence-corrected chi connectivity index (χ2v) is 20.9. The van der Waals surface area contributed by atoms with Gasteiger partial charge in [0.2, 0.25) is 0 Å². The third kappa shape index (κ3) is 10.0. The van der Waals surface area contributed by atoms with Crippen molar-refractivity contribution in [3.8, 4) is 5.75 Å². The zero-order chi connectivity index (χ0) is 48.7. The standard InChI is InChI=1S/C51H70N2O15/c1-27(2)8-15-37(55)28(3)41-40(23-36-34-14-11-31-22-33(65-49(60)53-21-20-52-26-53)16-18-50(31,5)35(34)17-19-51(36,41)6)66-48-45(64-29(4)54)43(39(57)25-63-48)68-47-44(42(58)38(56)24-62-47)67-46(59)30-9-12-32(61-7)13-10-30/h9-13,20-21,26-28,33-36,38-45,47-48,56-58H,8,14-19,22-25H2,1-7H3/t28-,33?,34?,35?,36+,38?,39?,40?,41?,42?,43?,44?,45?,47?,48?,50?,51?/m1/s1. The van der Waals surface area contributed by atoms with Crippen molar-refractivity contribution in [3.63, 3.8) is 0 Å². The summed E-state index contributed by atoms with van der Waals surface area (Å²) in [5.74, 6) is -0.284. The Hall–Kier alpha value is -4.23. The Kier molecular flexibility index (Phi) is 15.2. The largest absolute Gasteiger partial charge is 0.497 e. The van der Waals surface area contributed by atoms with E-state index in [1.807, 2.05) is 6.92 Å². The van der Waals surface area contributed by atoms with E-state index >= 15 is 0 Å². The van der Waals surface area contributed by atoms with Crippen LogP contribution in [0.4, 0.5) is 4.79 Å². The van der Waals surface area contributed by atoms with Gasteiger partial charge in [-0.25, -0.2) is 19.1 Å². The Labute approximate surface area is 398 Å². The van der Waals surface area contributed by atoms with Crippen molar-refractivity contribution >= 4 is 23.8 Å². The summed E-state index contributed by atoms with van der Waals surface area (Å²) >= 11 is 0. The highest BCUT2D eigenvalue weighted by molar-refractivity contribution is 5.89. The number of methoxy groups -OCH3 is 1. The number of benzene rings is 1. The molecule has 0 bridgehead atoms. The molecule has 2 saturated heterocycles. The molecular formula is C51H70N2O15. The molecule has 3 heterocycles. The van der Waals surface area contributed by atoms with Gasteiger partial charge in [-0.05, 0) is 104 Å². The number of aliphatic hydroxyl groups is 3. The highest BCUT2D eigenvalue weighted by Crippen LogP contribution is 2.68. The SMILES string of the molecule is COc1ccc(C(=O)OC2C(OC3C(O)COC(OC4C[C@H]5C6CC=C7CC(OC(=O)n8ccnc8)CCC7(C)C6CCC5(C)C4[C@H](C)C(=O)CCC(C)C)C3OC(C)=O)OCC(O)C2O)cc1. The van der Waals surface area contributed by atoms with Gasteiger partial charge in [-0.1, -0.05) is 46.3 Å². The predicted octanol–water partition coefficient (Wildman–Crippen LogP) is 5.80. The van der Waals surface area contributed by atoms with Gasteiger partial charge in [0.1, 0.15) is 48.4 Å². The Morgan fingerprint density at radius 3 is 2.28 bits per heavy atom. The molecule has 17 nitrogen and oxygen atoms in total. The van der Waals surface area contributed by atoms with E-state index in [1.165, 1.54) is 42.6 Å². The number of allylic oxidation sites excluding steroid dienone is 1. The van der Waals surface area contributed by atoms with E-state index in [9.17, 15) is 34.5 Å². The van der Waals surface area contributed by atoms with E-state index in [0.29, 0.717) is 42.8 Å². The molecule has 0 amide bonds. The van der Waals surface area contributed by atoms with Gasteiger partial charge < -0.3 is 53.2 Å². The maximum atomic E-state index is 14.2. The van der Waals surface area contributed by atoms with Crippen LogP contribution in [0, 0.1) is 46.3 Å². The van der Waals surface area contributed by atoms with Gasteiger partial charge in [0.05, 0.1) is 32.0 Å². The second-order valence-electron chi connectivity index (χ2n) is 20.9. The van der Waals surface area contributed by atoms with Crippen LogP contribution in [0.2, 0.25) is 0 Å². The van der Waals surface area contributed by atoms with Gasteiger partial charge in [0.25, 0.3) is 0 Å². The summed E-state index contributed by atoms with van der Waals surface area (Å²) in [5, 5.41) is 33.2. The lowest BCUT2D eigenvalue weighted by Crippen LogP contribution is -2.62. The number of nitrogens with zero attached hydrogens (tertiary/aromatic N) is 2. The van der Waals surface area contributed by atoms with Gasteiger partial charge in [0, 0.05) is 44.0 Å². The molecule has 2 aliphatic heterocycles. The molecule has 15 unspecified atom stereocenters. The van der Waals surface area contributed by atoms with Crippen LogP contribution >= 0.6 is 0 Å². The Morgan fingerprint density at radius 1 is 0.882 bits per heavy atom. The summed E-state index contributed by atoms with van der Waals surface area (Å²) in [6.07, 6.45) is 1.07. The number of ketones is 1. The molecule has 3 N–H and O–H groups in total. The zero-order valence-electron chi connectivity index (χ0n) is 40.3. The lowest BCUT2D eigenvalue weighted by molar-refractivity contribution is -0.340. The van der Waals surface area contributed by atoms with Crippen molar-refractivity contribution in [1.29, 1.82) is 0 Å². The minimum atomic E-state index is -1.64. The fourth-order valence-electron chi connectivity index (χ4n) is 12.8. The smallest absolute Gasteiger partial charge is 0.419 e. The van der Waals surface area contributed by atoms with Crippen molar-refractivity contribution in [3.05, 3.63) is 60.2 Å². The number of carbonyl (C=O) groups is 4. The maximum absolute atomic E-state index is 14.2. The first-order valence-corrected chi connectivity index (χ1v) is 24.4. The lowest BCUT2D eigenvalue weighted by Gasteiger charge is -2.58. The number of hydrogen-bond acceptors (Lipinski definition) is 16. The van der Waals surface area contributed by atoms with E-state index in [2.05, 4.69) is 38.8 Å². The third-order valence-corrected chi connectivity index (χ3v) is 16.4. The molecule has 1 aromatic carbocycles. The maximum Gasteiger partial charge on any atom is 0.419 e. The fraction of sp³-hybridized carbons (Fsp3) is 0.706. The molecule has 6 aliphatic rings. The highest BCUT2D eigenvalue weighted by atomic mass is 16.7. The van der Waals surface area contributed by atoms with Crippen molar-refractivity contribution < 1.29 is 72.4 Å². The van der Waals surface area contributed by atoms with Crippen LogP contribution < -0.4 is 4.74 Å². The number of Topliss-reactive ketones (excluding diaryl/α,β-unsaturated/α-hetero) is 1. The number of aromatic nitrogens is 2. The van der Waals surface area contributed by atoms with Crippen LogP contribution in [0.5, 0.6) is 5.75 Å². The molecule has 0 spiro atoms. The summed E-state index contributed by atoms with van der Waals surface area (Å²) in [4.78, 5) is 57.3. The number of aliphatic hydroxyl groups excluding tert-OH is 3. The molecule has 68 heavy (non-hydrogen) atoms. The molecule has 17 heteroatoms. The molecule has 5 fully saturated rings. The molecular weight excluding hydrogens is 881 g/mol. The normalized spacial score (nSPS) is 38.2. The van der Waals surface area contributed by atoms with E-state index in [1.54, 1.807) is 24.5 Å². The van der Waals surface area contributed by atoms with Gasteiger partial charge >= 0.3 is 18.0 Å². The first-order chi connectivity index (χ1) is 32.4. The van der Waals surface area contributed by atoms with E-state index in [0.717, 1.165) is 38.5 Å². The molecule has 3 saturated carbocycles. The summed E-state index contributed by atoms with van der Waals surface area (Å²) in [5.41, 5.74) is 1.08. The number of ether oxygens (including phenoxy) is 8. The van der Waals surface area contributed by atoms with Crippen LogP contribution in [-0.2, 0) is 42.7 Å². The first-order valence-electron chi connectivity index (χ1n) is 24.4. The third-order valence-electron chi connectivity index (χ3n) is 16.4. The quantitative estimate of drug-likeness (QED) is 0.116. The fourth-order valence-corrected chi connectivity index (χ4v) is 12.8. The van der Waals surface area contributed by atoms with Gasteiger partial charge in [-0.3, -0.25) is 9.59 Å². The van der Waals surface area contributed by atoms with Gasteiger partial charge in [0.15, 0.2) is 24.8 Å². The molecule has 2 aromatic rings. The van der Waals surface area contributed by atoms with E-state index < -0.39 is 73.3 Å². The molecule has 4 aliphatic carbocycles. The number of rotatable bonds is 14. The topological polar surface area (TPSA) is 221 Å². The summed E-state index contributed by atoms with van der Waals surface area (Å²) < 4.78 is 49.5.